The van der Waals surface area contributed by atoms with Crippen LogP contribution in [0.2, 0.25) is 0 Å². The molecule has 0 aliphatic heterocycles. The Morgan fingerprint density at radius 1 is 0.857 bits per heavy atom. The molecule has 0 aliphatic rings. The summed E-state index contributed by atoms with van der Waals surface area (Å²) in [5, 5.41) is 0. The van der Waals surface area contributed by atoms with Gasteiger partial charge in [-0.05, 0) is 18.6 Å². The largest absolute Gasteiger partial charge is 0.477 e. The number of para-hydroxylation sites is 2. The lowest BCUT2D eigenvalue weighted by Crippen LogP contribution is -2.00. The highest BCUT2D eigenvalue weighted by molar-refractivity contribution is 5.73. The smallest absolute Gasteiger partial charge is 0.232 e. The summed E-state index contributed by atoms with van der Waals surface area (Å²) in [4.78, 5) is 8.81. The quantitative estimate of drug-likeness (QED) is 0.567. The van der Waals surface area contributed by atoms with Gasteiger partial charge in [0.05, 0.1) is 23.8 Å². The molecule has 0 spiro atoms. The zero-order valence-electron chi connectivity index (χ0n) is 13.1. The molecule has 2 aromatic rings. The average molecular weight is 286 g/mol. The van der Waals surface area contributed by atoms with E-state index in [0.29, 0.717) is 5.88 Å². The molecule has 0 fully saturated rings. The molecule has 1 heterocycles. The van der Waals surface area contributed by atoms with Gasteiger partial charge in [0, 0.05) is 0 Å². The second-order valence-corrected chi connectivity index (χ2v) is 5.52. The van der Waals surface area contributed by atoms with Gasteiger partial charge in [0.15, 0.2) is 0 Å². The normalized spacial score (nSPS) is 10.9. The Balaban J connectivity index is 1.59. The third-order valence-corrected chi connectivity index (χ3v) is 3.67. The molecule has 0 unspecified atom stereocenters. The van der Waals surface area contributed by atoms with Gasteiger partial charge in [-0.15, -0.1) is 0 Å². The number of hydrogen-bond donors (Lipinski definition) is 0. The second-order valence-electron chi connectivity index (χ2n) is 5.52. The van der Waals surface area contributed by atoms with Crippen molar-refractivity contribution in [3.8, 4) is 5.88 Å². The van der Waals surface area contributed by atoms with E-state index in [0.717, 1.165) is 24.1 Å². The van der Waals surface area contributed by atoms with Crippen molar-refractivity contribution in [1.82, 2.24) is 9.97 Å². The van der Waals surface area contributed by atoms with Crippen LogP contribution in [0, 0.1) is 0 Å². The molecule has 1 aromatic carbocycles. The minimum Gasteiger partial charge on any atom is -0.477 e. The number of ether oxygens (including phenoxy) is 1. The van der Waals surface area contributed by atoms with E-state index in [1.54, 1.807) is 6.20 Å². The van der Waals surface area contributed by atoms with Crippen molar-refractivity contribution in [2.45, 2.75) is 58.3 Å². The molecular weight excluding hydrogens is 260 g/mol. The molecule has 0 saturated heterocycles. The minimum absolute atomic E-state index is 0.636. The molecule has 2 rings (SSSR count). The fourth-order valence-corrected chi connectivity index (χ4v) is 2.42. The molecule has 3 heteroatoms. The SMILES string of the molecule is CCCCCCCCCCOc1cnc2ccccc2n1. The van der Waals surface area contributed by atoms with Crippen LogP contribution >= 0.6 is 0 Å². The number of benzene rings is 1. The maximum Gasteiger partial charge on any atom is 0.232 e. The topological polar surface area (TPSA) is 35.0 Å². The maximum atomic E-state index is 5.69. The standard InChI is InChI=1S/C18H26N2O/c1-2-3-4-5-6-7-8-11-14-21-18-15-19-16-12-9-10-13-17(16)20-18/h9-10,12-13,15H,2-8,11,14H2,1H3. The third-order valence-electron chi connectivity index (χ3n) is 3.67. The maximum absolute atomic E-state index is 5.69. The predicted octanol–water partition coefficient (Wildman–Crippen LogP) is 5.15. The molecular formula is C18H26N2O. The lowest BCUT2D eigenvalue weighted by Gasteiger charge is -2.06. The lowest BCUT2D eigenvalue weighted by atomic mass is 10.1. The highest BCUT2D eigenvalue weighted by Gasteiger charge is 1.99. The van der Waals surface area contributed by atoms with Gasteiger partial charge in [-0.1, -0.05) is 64.0 Å². The monoisotopic (exact) mass is 286 g/mol. The van der Waals surface area contributed by atoms with Gasteiger partial charge in [0.2, 0.25) is 5.88 Å². The first-order valence-corrected chi connectivity index (χ1v) is 8.24. The van der Waals surface area contributed by atoms with Gasteiger partial charge in [-0.25, -0.2) is 9.97 Å². The molecule has 0 bridgehead atoms. The van der Waals surface area contributed by atoms with Gasteiger partial charge in [-0.3, -0.25) is 0 Å². The number of rotatable bonds is 10. The van der Waals surface area contributed by atoms with E-state index in [1.165, 1.54) is 44.9 Å². The zero-order valence-corrected chi connectivity index (χ0v) is 13.1. The summed E-state index contributed by atoms with van der Waals surface area (Å²) in [5.41, 5.74) is 1.81. The number of nitrogens with zero attached hydrogens (tertiary/aromatic N) is 2. The van der Waals surface area contributed by atoms with Crippen LogP contribution in [0.3, 0.4) is 0 Å². The Bertz CT molecular complexity index is 527. The van der Waals surface area contributed by atoms with Crippen LogP contribution in [0.15, 0.2) is 30.5 Å². The van der Waals surface area contributed by atoms with E-state index >= 15 is 0 Å². The Morgan fingerprint density at radius 2 is 1.52 bits per heavy atom. The number of aromatic nitrogens is 2. The Kier molecular flexibility index (Phi) is 6.99. The predicted molar refractivity (Wildman–Crippen MR) is 87.6 cm³/mol. The molecule has 1 aromatic heterocycles. The first-order chi connectivity index (χ1) is 10.4. The molecule has 0 aliphatic carbocycles. The first kappa shape index (κ1) is 15.7. The van der Waals surface area contributed by atoms with Crippen molar-refractivity contribution in [3.05, 3.63) is 30.5 Å². The van der Waals surface area contributed by atoms with Crippen LogP contribution < -0.4 is 4.74 Å². The summed E-state index contributed by atoms with van der Waals surface area (Å²) in [6.07, 6.45) is 12.2. The highest BCUT2D eigenvalue weighted by Crippen LogP contribution is 2.14. The van der Waals surface area contributed by atoms with Gasteiger partial charge in [-0.2, -0.15) is 0 Å². The first-order valence-electron chi connectivity index (χ1n) is 8.24. The summed E-state index contributed by atoms with van der Waals surface area (Å²) in [5.74, 6) is 0.636. The molecule has 0 atom stereocenters. The van der Waals surface area contributed by atoms with Crippen molar-refractivity contribution in [3.63, 3.8) is 0 Å². The molecule has 0 saturated carbocycles. The van der Waals surface area contributed by atoms with E-state index in [9.17, 15) is 0 Å². The van der Waals surface area contributed by atoms with Crippen molar-refractivity contribution < 1.29 is 4.74 Å². The van der Waals surface area contributed by atoms with Crippen molar-refractivity contribution in [1.29, 1.82) is 0 Å². The lowest BCUT2D eigenvalue weighted by molar-refractivity contribution is 0.293. The summed E-state index contributed by atoms with van der Waals surface area (Å²) >= 11 is 0. The van der Waals surface area contributed by atoms with Crippen LogP contribution in [-0.4, -0.2) is 16.6 Å². The van der Waals surface area contributed by atoms with Crippen LogP contribution in [0.1, 0.15) is 58.3 Å². The van der Waals surface area contributed by atoms with Crippen molar-refractivity contribution in [2.75, 3.05) is 6.61 Å². The van der Waals surface area contributed by atoms with E-state index in [4.69, 9.17) is 4.74 Å². The van der Waals surface area contributed by atoms with Gasteiger partial charge < -0.3 is 4.74 Å². The second kappa shape index (κ2) is 9.32. The number of hydrogen-bond acceptors (Lipinski definition) is 3. The molecule has 21 heavy (non-hydrogen) atoms. The van der Waals surface area contributed by atoms with Crippen molar-refractivity contribution in [2.24, 2.45) is 0 Å². The summed E-state index contributed by atoms with van der Waals surface area (Å²) in [6.45, 7) is 3.00. The highest BCUT2D eigenvalue weighted by atomic mass is 16.5. The van der Waals surface area contributed by atoms with E-state index < -0.39 is 0 Å². The number of unbranched alkanes of at least 4 members (excludes halogenated alkanes) is 7. The number of fused-ring (bicyclic) bond motifs is 1. The molecule has 0 amide bonds. The van der Waals surface area contributed by atoms with E-state index in [1.807, 2.05) is 24.3 Å². The summed E-state index contributed by atoms with van der Waals surface area (Å²) in [7, 11) is 0. The summed E-state index contributed by atoms with van der Waals surface area (Å²) in [6, 6.07) is 7.87. The zero-order chi connectivity index (χ0) is 14.8. The summed E-state index contributed by atoms with van der Waals surface area (Å²) < 4.78 is 5.69. The van der Waals surface area contributed by atoms with E-state index in [-0.39, 0.29) is 0 Å². The fraction of sp³-hybridized carbons (Fsp3) is 0.556. The fourth-order valence-electron chi connectivity index (χ4n) is 2.42. The molecule has 0 N–H and O–H groups in total. The average Bonchev–Trinajstić information content (AvgIpc) is 2.53. The van der Waals surface area contributed by atoms with Gasteiger partial charge in [0.1, 0.15) is 0 Å². The molecule has 0 radical (unpaired) electrons. The Morgan fingerprint density at radius 3 is 2.29 bits per heavy atom. The minimum atomic E-state index is 0.636. The van der Waals surface area contributed by atoms with Crippen molar-refractivity contribution >= 4 is 11.0 Å². The van der Waals surface area contributed by atoms with Crippen LogP contribution in [0.5, 0.6) is 5.88 Å². The van der Waals surface area contributed by atoms with Gasteiger partial charge >= 0.3 is 0 Å². The van der Waals surface area contributed by atoms with Crippen LogP contribution in [-0.2, 0) is 0 Å². The Hall–Kier alpha value is -1.64. The van der Waals surface area contributed by atoms with Gasteiger partial charge in [0.25, 0.3) is 0 Å². The van der Waals surface area contributed by atoms with E-state index in [2.05, 4.69) is 16.9 Å². The molecule has 114 valence electrons. The van der Waals surface area contributed by atoms with Crippen LogP contribution in [0.4, 0.5) is 0 Å². The Labute approximate surface area is 127 Å². The third kappa shape index (κ3) is 5.70. The molecule has 3 nitrogen and oxygen atoms in total. The van der Waals surface area contributed by atoms with Crippen LogP contribution in [0.25, 0.3) is 11.0 Å².